The number of rotatable bonds is 2. The summed E-state index contributed by atoms with van der Waals surface area (Å²) in [5.74, 6) is -0.203. The maximum absolute atomic E-state index is 13.4. The summed E-state index contributed by atoms with van der Waals surface area (Å²) in [4.78, 5) is 28.4. The molecule has 2 N–H and O–H groups in total. The number of ether oxygens (including phenoxy) is 3. The number of hydrogen-bond donors (Lipinski definition) is 2. The number of benzene rings is 2. The van der Waals surface area contributed by atoms with Crippen LogP contribution in [0.25, 0.3) is 0 Å². The van der Waals surface area contributed by atoms with Crippen molar-refractivity contribution in [2.75, 3.05) is 51.5 Å². The van der Waals surface area contributed by atoms with E-state index in [1.165, 1.54) is 24.1 Å². The van der Waals surface area contributed by atoms with Gasteiger partial charge in [0.15, 0.2) is 6.29 Å². The summed E-state index contributed by atoms with van der Waals surface area (Å²) in [5.41, 5.74) is 2.52. The molecule has 1 amide bonds. The molecule has 0 radical (unpaired) electrons. The number of methoxy groups -OCH3 is 1. The maximum atomic E-state index is 13.4. The predicted molar refractivity (Wildman–Crippen MR) is 197 cm³/mol. The van der Waals surface area contributed by atoms with Gasteiger partial charge in [0, 0.05) is 42.1 Å². The molecule has 12 heteroatoms. The van der Waals surface area contributed by atoms with Crippen LogP contribution >= 0.6 is 11.6 Å². The summed E-state index contributed by atoms with van der Waals surface area (Å²) in [6.07, 6.45) is 11.0. The van der Waals surface area contributed by atoms with Crippen molar-refractivity contribution in [1.29, 1.82) is 0 Å². The molecule has 2 spiro atoms. The van der Waals surface area contributed by atoms with Crippen molar-refractivity contribution in [2.45, 2.75) is 80.6 Å². The number of nitrogens with one attached hydrogen (secondary N) is 2. The van der Waals surface area contributed by atoms with E-state index in [0.717, 1.165) is 57.3 Å². The van der Waals surface area contributed by atoms with Crippen molar-refractivity contribution in [1.82, 2.24) is 10.0 Å². The number of halogens is 1. The Labute approximate surface area is 306 Å². The molecule has 4 aliphatic heterocycles. The number of carbonyl (C=O) groups is 2. The summed E-state index contributed by atoms with van der Waals surface area (Å²) < 4.78 is 46.4. The summed E-state index contributed by atoms with van der Waals surface area (Å²) >= 11 is 6.40. The van der Waals surface area contributed by atoms with Crippen LogP contribution in [-0.2, 0) is 36.1 Å². The molecule has 276 valence electrons. The van der Waals surface area contributed by atoms with E-state index in [1.54, 1.807) is 32.2 Å². The molecule has 6 atom stereocenters. The summed E-state index contributed by atoms with van der Waals surface area (Å²) in [6.45, 7) is 8.27. The Hall–Kier alpha value is -2.96. The van der Waals surface area contributed by atoms with E-state index in [0.29, 0.717) is 42.4 Å². The van der Waals surface area contributed by atoms with Gasteiger partial charge in [0.1, 0.15) is 11.4 Å². The first kappa shape index (κ1) is 36.4. The average Bonchev–Trinajstić information content (AvgIpc) is 3.20. The van der Waals surface area contributed by atoms with E-state index < -0.39 is 26.8 Å². The van der Waals surface area contributed by atoms with Gasteiger partial charge in [-0.3, -0.25) is 9.59 Å². The standard InChI is InChI=1S/C34H41ClN2O6S.C5H9NO/c1-22-6-4-15-34(20-38,42-3)29-11-8-26(29)18-37-19-33(14-5-7-24-16-27(35)10-12-28(24)33)21-43-31-13-9-25(17-30(31)37)32(39)36-44(40,41)23(22)2;1-2-6-5(1)3-7-4-5/h4,9-10,12-13,15-17,20,22-23,26,29H,5-8,11,14,18-19,21H2,1-3H3,(H,36,39);6H,1-4H2/b15-4+;/t22-,23+,26-,29+,33-,34+;/m0./s1. The number of hydrogen-bond acceptors (Lipinski definition) is 9. The Bertz CT molecular complexity index is 1780. The van der Waals surface area contributed by atoms with Gasteiger partial charge >= 0.3 is 0 Å². The third kappa shape index (κ3) is 6.85. The molecule has 10 nitrogen and oxygen atoms in total. The third-order valence-corrected chi connectivity index (χ3v) is 14.7. The van der Waals surface area contributed by atoms with Crippen LogP contribution in [0.15, 0.2) is 48.6 Å². The Morgan fingerprint density at radius 1 is 1.08 bits per heavy atom. The van der Waals surface area contributed by atoms with Crippen LogP contribution in [0.3, 0.4) is 0 Å². The van der Waals surface area contributed by atoms with Gasteiger partial charge in [0.2, 0.25) is 10.0 Å². The largest absolute Gasteiger partial charge is 0.490 e. The van der Waals surface area contributed by atoms with Gasteiger partial charge in [0.05, 0.1) is 36.3 Å². The van der Waals surface area contributed by atoms with E-state index in [1.807, 2.05) is 25.1 Å². The number of sulfonamides is 1. The molecule has 3 fully saturated rings. The number of anilines is 1. The number of nitrogens with zero attached hydrogens (tertiary/aromatic N) is 1. The fraction of sp³-hybridized carbons (Fsp3) is 0.590. The van der Waals surface area contributed by atoms with Crippen LogP contribution in [0.5, 0.6) is 5.75 Å². The van der Waals surface area contributed by atoms with Crippen molar-refractivity contribution in [3.63, 3.8) is 0 Å². The second kappa shape index (κ2) is 14.1. The first-order chi connectivity index (χ1) is 24.4. The third-order valence-electron chi connectivity index (χ3n) is 12.6. The molecule has 2 aromatic rings. The normalized spacial score (nSPS) is 34.0. The Morgan fingerprint density at radius 2 is 1.88 bits per heavy atom. The minimum absolute atomic E-state index is 0.0434. The summed E-state index contributed by atoms with van der Waals surface area (Å²) in [6, 6.07) is 11.3. The summed E-state index contributed by atoms with van der Waals surface area (Å²) in [7, 11) is -2.41. The SMILES string of the molecule is C1CC2(COC2)N1.CO[C@@]1(C=O)/C=C/C[C@H](C)[C@@H](C)S(=O)(=O)NC(=O)c2ccc3c(c2)N(C[C@@H]2CC[C@H]21)C[C@@]1(CCCc2cc(Cl)ccc21)CO3. The summed E-state index contributed by atoms with van der Waals surface area (Å²) in [5, 5.41) is 3.21. The molecule has 0 unspecified atom stereocenters. The molecule has 1 saturated carbocycles. The van der Waals surface area contributed by atoms with Crippen molar-refractivity contribution in [3.8, 4) is 5.75 Å². The van der Waals surface area contributed by atoms with E-state index in [4.69, 9.17) is 25.8 Å². The zero-order valence-corrected chi connectivity index (χ0v) is 31.4. The molecular formula is C39H50ClN3O7S. The number of fused-ring (bicyclic) bond motifs is 4. The van der Waals surface area contributed by atoms with Crippen LogP contribution in [0.4, 0.5) is 5.69 Å². The number of amides is 1. The van der Waals surface area contributed by atoms with Crippen LogP contribution < -0.4 is 19.7 Å². The number of allylic oxidation sites excluding steroid dienone is 1. The highest BCUT2D eigenvalue weighted by Gasteiger charge is 2.49. The van der Waals surface area contributed by atoms with Gasteiger partial charge in [-0.05, 0) is 118 Å². The van der Waals surface area contributed by atoms with Gasteiger partial charge in [0.25, 0.3) is 5.91 Å². The lowest BCUT2D eigenvalue weighted by molar-refractivity contribution is -0.135. The molecule has 2 bridgehead atoms. The van der Waals surface area contributed by atoms with Crippen LogP contribution in [0.2, 0.25) is 5.02 Å². The van der Waals surface area contributed by atoms with Crippen LogP contribution in [-0.4, -0.2) is 83.6 Å². The Morgan fingerprint density at radius 3 is 2.51 bits per heavy atom. The van der Waals surface area contributed by atoms with Crippen LogP contribution in [0, 0.1) is 17.8 Å². The second-order valence-corrected chi connectivity index (χ2v) is 18.1. The molecule has 51 heavy (non-hydrogen) atoms. The minimum atomic E-state index is -3.97. The van der Waals surface area contributed by atoms with E-state index in [2.05, 4.69) is 27.1 Å². The smallest absolute Gasteiger partial charge is 0.264 e. The van der Waals surface area contributed by atoms with Gasteiger partial charge in [-0.25, -0.2) is 13.1 Å². The quantitative estimate of drug-likeness (QED) is 0.316. The molecule has 0 aromatic heterocycles. The highest BCUT2D eigenvalue weighted by Crippen LogP contribution is 2.48. The fourth-order valence-electron chi connectivity index (χ4n) is 8.76. The van der Waals surface area contributed by atoms with Crippen molar-refractivity contribution >= 4 is 39.5 Å². The predicted octanol–water partition coefficient (Wildman–Crippen LogP) is 5.22. The van der Waals surface area contributed by atoms with Gasteiger partial charge in [-0.15, -0.1) is 0 Å². The molecule has 2 aromatic carbocycles. The Balaban J connectivity index is 0.000000512. The molecular weight excluding hydrogens is 690 g/mol. The van der Waals surface area contributed by atoms with Crippen molar-refractivity contribution in [2.24, 2.45) is 17.8 Å². The number of aryl methyl sites for hydroxylation is 1. The minimum Gasteiger partial charge on any atom is -0.490 e. The van der Waals surface area contributed by atoms with Gasteiger partial charge in [-0.1, -0.05) is 30.7 Å². The lowest BCUT2D eigenvalue weighted by atomic mass is 9.64. The molecule has 2 aliphatic carbocycles. The second-order valence-electron chi connectivity index (χ2n) is 15.7. The lowest BCUT2D eigenvalue weighted by Gasteiger charge is -2.49. The first-order valence-corrected chi connectivity index (χ1v) is 20.2. The highest BCUT2D eigenvalue weighted by atomic mass is 35.5. The molecule has 8 rings (SSSR count). The first-order valence-electron chi connectivity index (χ1n) is 18.3. The number of carbonyl (C=O) groups excluding carboxylic acids is 2. The highest BCUT2D eigenvalue weighted by molar-refractivity contribution is 7.90. The number of aldehydes is 1. The van der Waals surface area contributed by atoms with E-state index in [9.17, 15) is 18.0 Å². The zero-order valence-electron chi connectivity index (χ0n) is 29.8. The van der Waals surface area contributed by atoms with Crippen molar-refractivity contribution < 1.29 is 32.2 Å². The van der Waals surface area contributed by atoms with Gasteiger partial charge in [-0.2, -0.15) is 0 Å². The van der Waals surface area contributed by atoms with E-state index >= 15 is 0 Å². The van der Waals surface area contributed by atoms with Crippen LogP contribution in [0.1, 0.15) is 73.9 Å². The van der Waals surface area contributed by atoms with Gasteiger partial charge < -0.3 is 24.4 Å². The molecule has 2 saturated heterocycles. The average molecular weight is 740 g/mol. The monoisotopic (exact) mass is 739 g/mol. The topological polar surface area (TPSA) is 123 Å². The zero-order chi connectivity index (χ0) is 36.0. The maximum Gasteiger partial charge on any atom is 0.264 e. The molecule has 6 aliphatic rings. The Kier molecular flexibility index (Phi) is 10.1. The molecule has 4 heterocycles. The van der Waals surface area contributed by atoms with E-state index in [-0.39, 0.29) is 28.7 Å². The van der Waals surface area contributed by atoms with Crippen molar-refractivity contribution in [3.05, 3.63) is 70.3 Å². The lowest BCUT2D eigenvalue weighted by Crippen LogP contribution is -2.68. The fourth-order valence-corrected chi connectivity index (χ4v) is 10.2.